The zero-order chi connectivity index (χ0) is 8.40. The lowest BCUT2D eigenvalue weighted by atomic mass is 9.67. The fourth-order valence-electron chi connectivity index (χ4n) is 4.44. The molecule has 3 unspecified atom stereocenters. The molecule has 3 aliphatic rings. The summed E-state index contributed by atoms with van der Waals surface area (Å²) in [6, 6.07) is 0.881. The van der Waals surface area contributed by atoms with Crippen LogP contribution in [0.15, 0.2) is 0 Å². The van der Waals surface area contributed by atoms with Crippen LogP contribution >= 0.6 is 0 Å². The smallest absolute Gasteiger partial charge is 0.0132 e. The first-order valence-corrected chi connectivity index (χ1v) is 5.40. The van der Waals surface area contributed by atoms with E-state index in [9.17, 15) is 0 Å². The molecule has 68 valence electrons. The van der Waals surface area contributed by atoms with Gasteiger partial charge in [-0.25, -0.2) is 0 Å². The fraction of sp³-hybridized carbons (Fsp3) is 1.00. The second-order valence-electron chi connectivity index (χ2n) is 5.61. The molecule has 3 fully saturated rings. The molecule has 3 rings (SSSR count). The fourth-order valence-corrected chi connectivity index (χ4v) is 4.44. The summed E-state index contributed by atoms with van der Waals surface area (Å²) in [4.78, 5) is 0. The lowest BCUT2D eigenvalue weighted by molar-refractivity contribution is 0.128. The zero-order valence-electron chi connectivity index (χ0n) is 8.19. The van der Waals surface area contributed by atoms with Gasteiger partial charge in [0.25, 0.3) is 0 Å². The highest BCUT2D eigenvalue weighted by Gasteiger charge is 2.64. The molecule has 12 heavy (non-hydrogen) atoms. The van der Waals surface area contributed by atoms with E-state index in [0.29, 0.717) is 10.8 Å². The van der Waals surface area contributed by atoms with Crippen LogP contribution in [0.2, 0.25) is 0 Å². The predicted molar refractivity (Wildman–Crippen MR) is 50.0 cm³/mol. The summed E-state index contributed by atoms with van der Waals surface area (Å²) in [7, 11) is 0. The van der Waals surface area contributed by atoms with E-state index in [1.807, 2.05) is 0 Å². The van der Waals surface area contributed by atoms with E-state index in [0.717, 1.165) is 12.0 Å². The van der Waals surface area contributed by atoms with Gasteiger partial charge in [-0.05, 0) is 49.0 Å². The molecule has 1 aliphatic heterocycles. The van der Waals surface area contributed by atoms with Gasteiger partial charge in [-0.15, -0.1) is 0 Å². The second-order valence-corrected chi connectivity index (χ2v) is 5.61. The molecule has 0 aromatic heterocycles. The van der Waals surface area contributed by atoms with Crippen LogP contribution in [-0.2, 0) is 0 Å². The Morgan fingerprint density at radius 2 is 2.08 bits per heavy atom. The van der Waals surface area contributed by atoms with Gasteiger partial charge in [-0.3, -0.25) is 0 Å². The highest BCUT2D eigenvalue weighted by atomic mass is 15.0. The van der Waals surface area contributed by atoms with Gasteiger partial charge in [0.2, 0.25) is 0 Å². The molecule has 1 saturated heterocycles. The van der Waals surface area contributed by atoms with Crippen molar-refractivity contribution in [2.45, 2.75) is 45.6 Å². The van der Waals surface area contributed by atoms with Crippen LogP contribution in [0.25, 0.3) is 0 Å². The third-order valence-electron chi connectivity index (χ3n) is 5.39. The van der Waals surface area contributed by atoms with Crippen LogP contribution in [0, 0.1) is 16.7 Å². The van der Waals surface area contributed by atoms with E-state index in [1.54, 1.807) is 0 Å². The van der Waals surface area contributed by atoms with Crippen LogP contribution < -0.4 is 5.32 Å². The summed E-state index contributed by atoms with van der Waals surface area (Å²) >= 11 is 0. The van der Waals surface area contributed by atoms with Gasteiger partial charge in [0.1, 0.15) is 0 Å². The third kappa shape index (κ3) is 0.555. The van der Waals surface area contributed by atoms with E-state index in [4.69, 9.17) is 0 Å². The first-order chi connectivity index (χ1) is 5.67. The molecule has 1 spiro atoms. The SMILES string of the molecule is CC1(C)C2CCC13CCNC3C2. The minimum absolute atomic E-state index is 0.640. The molecule has 1 heteroatoms. The van der Waals surface area contributed by atoms with Gasteiger partial charge in [0, 0.05) is 6.04 Å². The van der Waals surface area contributed by atoms with Gasteiger partial charge < -0.3 is 5.32 Å². The summed E-state index contributed by atoms with van der Waals surface area (Å²) in [5, 5.41) is 3.70. The van der Waals surface area contributed by atoms with Crippen molar-refractivity contribution >= 4 is 0 Å². The van der Waals surface area contributed by atoms with Crippen LogP contribution in [0.5, 0.6) is 0 Å². The van der Waals surface area contributed by atoms with Crippen molar-refractivity contribution in [1.82, 2.24) is 5.32 Å². The Kier molecular flexibility index (Phi) is 1.16. The van der Waals surface area contributed by atoms with Crippen molar-refractivity contribution in [3.8, 4) is 0 Å². The van der Waals surface area contributed by atoms with Crippen LogP contribution in [0.4, 0.5) is 0 Å². The number of fused-ring (bicyclic) bond motifs is 1. The summed E-state index contributed by atoms with van der Waals surface area (Å²) in [5.41, 5.74) is 1.35. The molecule has 1 N–H and O–H groups in total. The largest absolute Gasteiger partial charge is 0.313 e. The molecule has 0 aromatic rings. The van der Waals surface area contributed by atoms with E-state index >= 15 is 0 Å². The minimum Gasteiger partial charge on any atom is -0.313 e. The second kappa shape index (κ2) is 1.89. The minimum atomic E-state index is 0.640. The lowest BCUT2D eigenvalue weighted by Gasteiger charge is -2.37. The van der Waals surface area contributed by atoms with Gasteiger partial charge in [-0.1, -0.05) is 13.8 Å². The lowest BCUT2D eigenvalue weighted by Crippen LogP contribution is -2.37. The van der Waals surface area contributed by atoms with Gasteiger partial charge in [-0.2, -0.15) is 0 Å². The van der Waals surface area contributed by atoms with Crippen molar-refractivity contribution in [2.24, 2.45) is 16.7 Å². The highest BCUT2D eigenvalue weighted by molar-refractivity contribution is 5.17. The Morgan fingerprint density at radius 1 is 1.25 bits per heavy atom. The summed E-state index contributed by atoms with van der Waals surface area (Å²) in [6.07, 6.45) is 5.92. The monoisotopic (exact) mass is 165 g/mol. The maximum Gasteiger partial charge on any atom is 0.0132 e. The quantitative estimate of drug-likeness (QED) is 0.580. The Labute approximate surface area is 74.9 Å². The van der Waals surface area contributed by atoms with Crippen molar-refractivity contribution in [3.63, 3.8) is 0 Å². The molecule has 0 amide bonds. The zero-order valence-corrected chi connectivity index (χ0v) is 8.19. The highest BCUT2D eigenvalue weighted by Crippen LogP contribution is 2.68. The first kappa shape index (κ1) is 7.37. The molecule has 2 bridgehead atoms. The number of hydrogen-bond donors (Lipinski definition) is 1. The van der Waals surface area contributed by atoms with Gasteiger partial charge >= 0.3 is 0 Å². The Hall–Kier alpha value is -0.0400. The van der Waals surface area contributed by atoms with E-state index in [1.165, 1.54) is 32.2 Å². The normalized spacial score (nSPS) is 54.5. The molecule has 2 aliphatic carbocycles. The van der Waals surface area contributed by atoms with Crippen LogP contribution in [0.3, 0.4) is 0 Å². The van der Waals surface area contributed by atoms with Gasteiger partial charge in [0.05, 0.1) is 0 Å². The Balaban J connectivity index is 2.09. The van der Waals surface area contributed by atoms with Crippen molar-refractivity contribution in [1.29, 1.82) is 0 Å². The first-order valence-electron chi connectivity index (χ1n) is 5.40. The predicted octanol–water partition coefficient (Wildman–Crippen LogP) is 2.17. The standard InChI is InChI=1S/C11H19N/c1-10(2)8-3-4-11(10)5-6-12-9(11)7-8/h8-9,12H,3-7H2,1-2H3. The molecular weight excluding hydrogens is 146 g/mol. The molecule has 1 heterocycles. The number of nitrogens with one attached hydrogen (secondary N) is 1. The van der Waals surface area contributed by atoms with Crippen molar-refractivity contribution < 1.29 is 0 Å². The van der Waals surface area contributed by atoms with Crippen LogP contribution in [0.1, 0.15) is 39.5 Å². The van der Waals surface area contributed by atoms with E-state index in [2.05, 4.69) is 19.2 Å². The molecule has 2 saturated carbocycles. The molecule has 0 aromatic carbocycles. The average Bonchev–Trinajstić information content (AvgIpc) is 2.60. The van der Waals surface area contributed by atoms with Crippen LogP contribution in [-0.4, -0.2) is 12.6 Å². The van der Waals surface area contributed by atoms with Crippen molar-refractivity contribution in [3.05, 3.63) is 0 Å². The van der Waals surface area contributed by atoms with Crippen molar-refractivity contribution in [2.75, 3.05) is 6.54 Å². The molecule has 0 radical (unpaired) electrons. The van der Waals surface area contributed by atoms with E-state index in [-0.39, 0.29) is 0 Å². The number of hydrogen-bond acceptors (Lipinski definition) is 1. The van der Waals surface area contributed by atoms with E-state index < -0.39 is 0 Å². The molecule has 3 atom stereocenters. The maximum atomic E-state index is 3.70. The average molecular weight is 165 g/mol. The maximum absolute atomic E-state index is 3.70. The summed E-state index contributed by atoms with van der Waals surface area (Å²) in [6.45, 7) is 6.30. The summed E-state index contributed by atoms with van der Waals surface area (Å²) < 4.78 is 0. The Bertz CT molecular complexity index is 217. The van der Waals surface area contributed by atoms with Gasteiger partial charge in [0.15, 0.2) is 0 Å². The molecule has 1 nitrogen and oxygen atoms in total. The molecular formula is C11H19N. The summed E-state index contributed by atoms with van der Waals surface area (Å²) in [5.74, 6) is 1.02. The third-order valence-corrected chi connectivity index (χ3v) is 5.39. The topological polar surface area (TPSA) is 12.0 Å². The Morgan fingerprint density at radius 3 is 2.75 bits per heavy atom. The number of rotatable bonds is 0.